The third-order valence-electron chi connectivity index (χ3n) is 3.21. The van der Waals surface area contributed by atoms with E-state index in [4.69, 9.17) is 4.84 Å². The molecule has 104 valence electrons. The molecule has 7 nitrogen and oxygen atoms in total. The maximum absolute atomic E-state index is 12.2. The lowest BCUT2D eigenvalue weighted by atomic mass is 10.0. The number of carbonyl (C=O) groups excluding carboxylic acids is 1. The van der Waals surface area contributed by atoms with Gasteiger partial charge in [-0.25, -0.2) is 13.5 Å². The highest BCUT2D eigenvalue weighted by atomic mass is 32.2. The molecule has 0 aromatic rings. The third kappa shape index (κ3) is 2.82. The van der Waals surface area contributed by atoms with Gasteiger partial charge < -0.3 is 5.11 Å². The van der Waals surface area contributed by atoms with E-state index in [2.05, 4.69) is 0 Å². The first kappa shape index (κ1) is 13.7. The molecule has 0 radical (unpaired) electrons. The molecule has 2 aliphatic rings. The Kier molecular flexibility index (Phi) is 3.90. The summed E-state index contributed by atoms with van der Waals surface area (Å²) in [6.45, 7) is 0.551. The molecule has 2 atom stereocenters. The van der Waals surface area contributed by atoms with Gasteiger partial charge in [-0.1, -0.05) is 6.42 Å². The molecule has 2 fully saturated rings. The van der Waals surface area contributed by atoms with E-state index in [9.17, 15) is 18.3 Å². The Morgan fingerprint density at radius 3 is 2.67 bits per heavy atom. The third-order valence-corrected chi connectivity index (χ3v) is 4.50. The monoisotopic (exact) mass is 278 g/mol. The number of aliphatic hydroxyl groups excluding tert-OH is 1. The second-order valence-corrected chi connectivity index (χ2v) is 6.67. The summed E-state index contributed by atoms with van der Waals surface area (Å²) in [5.41, 5.74) is 0. The minimum Gasteiger partial charge on any atom is -0.389 e. The second kappa shape index (κ2) is 5.12. The second-order valence-electron chi connectivity index (χ2n) is 4.73. The van der Waals surface area contributed by atoms with Crippen molar-refractivity contribution in [2.75, 3.05) is 26.0 Å². The van der Waals surface area contributed by atoms with Crippen molar-refractivity contribution < 1.29 is 23.2 Å². The smallest absolute Gasteiger partial charge is 0.264 e. The average Bonchev–Trinajstić information content (AvgIpc) is 2.74. The summed E-state index contributed by atoms with van der Waals surface area (Å²) >= 11 is 0. The van der Waals surface area contributed by atoms with Crippen LogP contribution in [0.4, 0.5) is 0 Å². The van der Waals surface area contributed by atoms with E-state index in [1.807, 2.05) is 0 Å². The van der Waals surface area contributed by atoms with Gasteiger partial charge in [0, 0.05) is 6.54 Å². The molecule has 0 spiro atoms. The van der Waals surface area contributed by atoms with Gasteiger partial charge in [-0.05, 0) is 12.8 Å². The maximum Gasteiger partial charge on any atom is 0.264 e. The van der Waals surface area contributed by atoms with Crippen LogP contribution in [0.1, 0.15) is 19.3 Å². The van der Waals surface area contributed by atoms with Gasteiger partial charge >= 0.3 is 0 Å². The van der Waals surface area contributed by atoms with Gasteiger partial charge in [0.25, 0.3) is 5.91 Å². The molecule has 0 saturated carbocycles. The van der Waals surface area contributed by atoms with Crippen molar-refractivity contribution in [2.45, 2.75) is 31.4 Å². The molecule has 2 heterocycles. The van der Waals surface area contributed by atoms with Crippen molar-refractivity contribution in [1.29, 1.82) is 0 Å². The van der Waals surface area contributed by atoms with Gasteiger partial charge in [0.2, 0.25) is 10.0 Å². The van der Waals surface area contributed by atoms with Gasteiger partial charge in [0.1, 0.15) is 12.6 Å². The molecule has 8 heteroatoms. The first-order chi connectivity index (χ1) is 8.39. The van der Waals surface area contributed by atoms with Crippen molar-refractivity contribution in [1.82, 2.24) is 9.37 Å². The normalized spacial score (nSPS) is 30.7. The van der Waals surface area contributed by atoms with Crippen molar-refractivity contribution in [2.24, 2.45) is 0 Å². The molecule has 1 unspecified atom stereocenters. The van der Waals surface area contributed by atoms with Crippen molar-refractivity contribution in [3.8, 4) is 0 Å². The standard InChI is InChI=1S/C10H18N2O5S/c1-18(15,16)12-5-3-2-4-9(12)10(14)11-6-8(13)7-17-11/h8-9,13H,2-7H2,1H3/t8-,9?/m0/s1. The van der Waals surface area contributed by atoms with E-state index < -0.39 is 22.2 Å². The molecule has 0 aromatic carbocycles. The summed E-state index contributed by atoms with van der Waals surface area (Å²) in [6, 6.07) is -0.695. The van der Waals surface area contributed by atoms with Crippen LogP contribution in [0.15, 0.2) is 0 Å². The SMILES string of the molecule is CS(=O)(=O)N1CCCCC1C(=O)N1C[C@H](O)CO1. The minimum absolute atomic E-state index is 0.0807. The van der Waals surface area contributed by atoms with E-state index >= 15 is 0 Å². The van der Waals surface area contributed by atoms with Crippen LogP contribution in [0.3, 0.4) is 0 Å². The lowest BCUT2D eigenvalue weighted by Gasteiger charge is -2.34. The van der Waals surface area contributed by atoms with E-state index in [1.54, 1.807) is 0 Å². The Bertz CT molecular complexity index is 424. The summed E-state index contributed by atoms with van der Waals surface area (Å²) in [5.74, 6) is -0.378. The minimum atomic E-state index is -3.40. The highest BCUT2D eigenvalue weighted by Gasteiger charge is 2.39. The average molecular weight is 278 g/mol. The molecular formula is C10H18N2O5S. The molecule has 2 rings (SSSR count). The Morgan fingerprint density at radius 2 is 2.11 bits per heavy atom. The number of aliphatic hydroxyl groups is 1. The van der Waals surface area contributed by atoms with Crippen molar-refractivity contribution in [3.05, 3.63) is 0 Å². The first-order valence-electron chi connectivity index (χ1n) is 5.99. The Balaban J connectivity index is 2.11. The zero-order chi connectivity index (χ0) is 13.3. The fourth-order valence-corrected chi connectivity index (χ4v) is 3.46. The number of piperidine rings is 1. The highest BCUT2D eigenvalue weighted by Crippen LogP contribution is 2.22. The lowest BCUT2D eigenvalue weighted by molar-refractivity contribution is -0.173. The predicted octanol–water partition coefficient (Wildman–Crippen LogP) is -1.06. The first-order valence-corrected chi connectivity index (χ1v) is 7.83. The van der Waals surface area contributed by atoms with E-state index in [1.165, 1.54) is 4.31 Å². The summed E-state index contributed by atoms with van der Waals surface area (Å²) in [7, 11) is -3.40. The van der Waals surface area contributed by atoms with Crippen LogP contribution in [0.5, 0.6) is 0 Å². The maximum atomic E-state index is 12.2. The Morgan fingerprint density at radius 1 is 1.39 bits per heavy atom. The van der Waals surface area contributed by atoms with Crippen LogP contribution >= 0.6 is 0 Å². The Labute approximate surface area is 106 Å². The van der Waals surface area contributed by atoms with E-state index in [0.717, 1.165) is 24.2 Å². The Hall–Kier alpha value is -0.700. The number of hydrogen-bond acceptors (Lipinski definition) is 5. The van der Waals surface area contributed by atoms with Crippen molar-refractivity contribution >= 4 is 15.9 Å². The molecule has 0 bridgehead atoms. The van der Waals surface area contributed by atoms with Crippen LogP contribution in [0, 0.1) is 0 Å². The number of rotatable bonds is 2. The van der Waals surface area contributed by atoms with E-state index in [0.29, 0.717) is 13.0 Å². The largest absolute Gasteiger partial charge is 0.389 e. The molecule has 2 saturated heterocycles. The number of amides is 1. The molecule has 1 N–H and O–H groups in total. The fourth-order valence-electron chi connectivity index (χ4n) is 2.34. The van der Waals surface area contributed by atoms with Gasteiger partial charge in [0.15, 0.2) is 0 Å². The topological polar surface area (TPSA) is 87.2 Å². The van der Waals surface area contributed by atoms with Crippen LogP contribution in [0.25, 0.3) is 0 Å². The molecule has 0 aliphatic carbocycles. The van der Waals surface area contributed by atoms with Crippen molar-refractivity contribution in [3.63, 3.8) is 0 Å². The number of β-amino-alcohol motifs (C(OH)–C–C–N with tert-alkyl or cyclic N) is 1. The zero-order valence-corrected chi connectivity index (χ0v) is 11.1. The molecule has 0 aromatic heterocycles. The van der Waals surface area contributed by atoms with Gasteiger partial charge in [0.05, 0.1) is 18.9 Å². The summed E-state index contributed by atoms with van der Waals surface area (Å²) in [6.07, 6.45) is 2.50. The van der Waals surface area contributed by atoms with Gasteiger partial charge in [-0.15, -0.1) is 0 Å². The van der Waals surface area contributed by atoms with Gasteiger partial charge in [-0.3, -0.25) is 9.63 Å². The summed E-state index contributed by atoms with van der Waals surface area (Å²) in [4.78, 5) is 17.2. The van der Waals surface area contributed by atoms with Crippen LogP contribution in [0.2, 0.25) is 0 Å². The molecule has 18 heavy (non-hydrogen) atoms. The number of sulfonamides is 1. The number of hydroxylamine groups is 2. The van der Waals surface area contributed by atoms with Gasteiger partial charge in [-0.2, -0.15) is 4.31 Å². The molecule has 1 amide bonds. The predicted molar refractivity (Wildman–Crippen MR) is 62.9 cm³/mol. The fraction of sp³-hybridized carbons (Fsp3) is 0.900. The quantitative estimate of drug-likeness (QED) is 0.695. The zero-order valence-electron chi connectivity index (χ0n) is 10.3. The highest BCUT2D eigenvalue weighted by molar-refractivity contribution is 7.88. The van der Waals surface area contributed by atoms with Crippen LogP contribution in [-0.2, 0) is 19.7 Å². The summed E-state index contributed by atoms with van der Waals surface area (Å²) < 4.78 is 24.5. The molecular weight excluding hydrogens is 260 g/mol. The van der Waals surface area contributed by atoms with Crippen LogP contribution in [-0.4, -0.2) is 66.9 Å². The number of nitrogens with zero attached hydrogens (tertiary/aromatic N) is 2. The number of carbonyl (C=O) groups is 1. The van der Waals surface area contributed by atoms with Crippen LogP contribution < -0.4 is 0 Å². The lowest BCUT2D eigenvalue weighted by Crippen LogP contribution is -2.52. The van der Waals surface area contributed by atoms with E-state index in [-0.39, 0.29) is 19.1 Å². The summed E-state index contributed by atoms with van der Waals surface area (Å²) in [5, 5.41) is 10.4. The molecule has 2 aliphatic heterocycles. The number of hydrogen-bond donors (Lipinski definition) is 1.